The van der Waals surface area contributed by atoms with Crippen molar-refractivity contribution < 1.29 is 13.9 Å². The lowest BCUT2D eigenvalue weighted by molar-refractivity contribution is 0.0821. The lowest BCUT2D eigenvalue weighted by Crippen LogP contribution is -2.43. The number of amides is 1. The molecule has 2 saturated heterocycles. The van der Waals surface area contributed by atoms with Crippen LogP contribution < -0.4 is 9.64 Å². The smallest absolute Gasteiger partial charge is 0.319 e. The molecule has 11 nitrogen and oxygen atoms in total. The maximum atomic E-state index is 14.4. The van der Waals surface area contributed by atoms with Crippen molar-refractivity contribution >= 4 is 44.1 Å². The Labute approximate surface area is 239 Å². The van der Waals surface area contributed by atoms with Gasteiger partial charge in [0.25, 0.3) is 5.91 Å². The molecule has 0 spiro atoms. The summed E-state index contributed by atoms with van der Waals surface area (Å²) in [7, 11) is 3.46. The van der Waals surface area contributed by atoms with E-state index in [0.717, 1.165) is 64.9 Å². The van der Waals surface area contributed by atoms with E-state index in [2.05, 4.69) is 35.9 Å². The molecule has 7 rings (SSSR count). The standard InChI is InChI=1S/C27H31BrFN9O2/c1-34(2)25(39)20-11-18-15-35(8-4-10-37(18)33-20)24-23-19(12-22(28)38-21(23)5-7-30-38)31-26(32-24)40-16-27-6-3-9-36(27)14-17(29)13-27/h5,7,11-12,17H,3-4,6,8-10,13-16H2,1-2H3/t17-,27+/m1/s1. The van der Waals surface area contributed by atoms with Crippen molar-refractivity contribution in [3.05, 3.63) is 40.4 Å². The van der Waals surface area contributed by atoms with Gasteiger partial charge in [0.1, 0.15) is 23.2 Å². The fourth-order valence-corrected chi connectivity index (χ4v) is 7.05. The van der Waals surface area contributed by atoms with Crippen molar-refractivity contribution in [3.63, 3.8) is 0 Å². The predicted octanol–water partition coefficient (Wildman–Crippen LogP) is 3.30. The molecule has 1 amide bonds. The van der Waals surface area contributed by atoms with Crippen LogP contribution in [0.1, 0.15) is 41.9 Å². The average molecular weight is 613 g/mol. The Morgan fingerprint density at radius 3 is 2.95 bits per heavy atom. The van der Waals surface area contributed by atoms with Gasteiger partial charge in [0, 0.05) is 40.2 Å². The van der Waals surface area contributed by atoms with Crippen LogP contribution in [0.25, 0.3) is 16.4 Å². The van der Waals surface area contributed by atoms with Crippen molar-refractivity contribution in [1.29, 1.82) is 0 Å². The molecule has 13 heteroatoms. The predicted molar refractivity (Wildman–Crippen MR) is 150 cm³/mol. The molecule has 4 aromatic heterocycles. The lowest BCUT2D eigenvalue weighted by Gasteiger charge is -2.31. The zero-order chi connectivity index (χ0) is 27.6. The van der Waals surface area contributed by atoms with Crippen molar-refractivity contribution in [2.24, 2.45) is 0 Å². The summed E-state index contributed by atoms with van der Waals surface area (Å²) in [6.45, 7) is 3.70. The molecule has 0 saturated carbocycles. The largest absolute Gasteiger partial charge is 0.461 e. The van der Waals surface area contributed by atoms with Gasteiger partial charge in [0.2, 0.25) is 0 Å². The maximum Gasteiger partial charge on any atom is 0.319 e. The van der Waals surface area contributed by atoms with Gasteiger partial charge in [-0.3, -0.25) is 14.4 Å². The first kappa shape index (κ1) is 25.6. The molecule has 0 unspecified atom stereocenters. The van der Waals surface area contributed by atoms with Crippen LogP contribution in [-0.4, -0.2) is 97.1 Å². The second kappa shape index (κ2) is 9.65. The van der Waals surface area contributed by atoms with Crippen LogP contribution in [0, 0.1) is 0 Å². The highest BCUT2D eigenvalue weighted by atomic mass is 79.9. The maximum absolute atomic E-state index is 14.4. The molecule has 3 aliphatic rings. The molecular weight excluding hydrogens is 581 g/mol. The highest BCUT2D eigenvalue weighted by Crippen LogP contribution is 2.41. The minimum atomic E-state index is -0.825. The fourth-order valence-electron chi connectivity index (χ4n) is 6.55. The Balaban J connectivity index is 1.29. The number of rotatable bonds is 5. The average Bonchev–Trinajstić information content (AvgIpc) is 3.68. The third-order valence-electron chi connectivity index (χ3n) is 8.42. The van der Waals surface area contributed by atoms with Gasteiger partial charge in [-0.25, -0.2) is 8.91 Å². The minimum Gasteiger partial charge on any atom is -0.461 e. The van der Waals surface area contributed by atoms with E-state index < -0.39 is 6.17 Å². The Morgan fingerprint density at radius 2 is 2.10 bits per heavy atom. The van der Waals surface area contributed by atoms with Crippen LogP contribution in [0.5, 0.6) is 6.01 Å². The van der Waals surface area contributed by atoms with E-state index in [1.165, 1.54) is 4.90 Å². The van der Waals surface area contributed by atoms with E-state index >= 15 is 0 Å². The van der Waals surface area contributed by atoms with E-state index in [1.54, 1.807) is 20.3 Å². The Hall–Kier alpha value is -3.32. The van der Waals surface area contributed by atoms with Crippen LogP contribution in [0.15, 0.2) is 29.0 Å². The number of pyridine rings is 1. The first-order valence-electron chi connectivity index (χ1n) is 13.7. The molecule has 0 aliphatic carbocycles. The third-order valence-corrected chi connectivity index (χ3v) is 8.99. The summed E-state index contributed by atoms with van der Waals surface area (Å²) >= 11 is 3.63. The molecule has 0 aromatic carbocycles. The zero-order valence-electron chi connectivity index (χ0n) is 22.6. The molecule has 40 heavy (non-hydrogen) atoms. The van der Waals surface area contributed by atoms with Gasteiger partial charge in [-0.05, 0) is 59.9 Å². The van der Waals surface area contributed by atoms with Gasteiger partial charge in [-0.2, -0.15) is 20.2 Å². The van der Waals surface area contributed by atoms with Gasteiger partial charge in [-0.15, -0.1) is 0 Å². The van der Waals surface area contributed by atoms with Crippen LogP contribution in [0.2, 0.25) is 0 Å². The molecular formula is C27H31BrFN9O2. The van der Waals surface area contributed by atoms with E-state index in [9.17, 15) is 9.18 Å². The number of nitrogens with zero attached hydrogens (tertiary/aromatic N) is 9. The highest BCUT2D eigenvalue weighted by Gasteiger charge is 2.49. The molecule has 0 N–H and O–H groups in total. The quantitative estimate of drug-likeness (QED) is 0.317. The number of fused-ring (bicyclic) bond motifs is 5. The van der Waals surface area contributed by atoms with E-state index in [1.807, 2.05) is 27.4 Å². The first-order chi connectivity index (χ1) is 19.3. The molecule has 210 valence electrons. The highest BCUT2D eigenvalue weighted by molar-refractivity contribution is 9.10. The Bertz CT molecular complexity index is 1620. The van der Waals surface area contributed by atoms with Gasteiger partial charge in [0.15, 0.2) is 5.69 Å². The number of hydrogen-bond acceptors (Lipinski definition) is 8. The van der Waals surface area contributed by atoms with Crippen LogP contribution in [0.3, 0.4) is 0 Å². The molecule has 0 radical (unpaired) electrons. The third kappa shape index (κ3) is 4.21. The number of ether oxygens (including phenoxy) is 1. The molecule has 4 aromatic rings. The van der Waals surface area contributed by atoms with Crippen molar-refractivity contribution in [3.8, 4) is 6.01 Å². The summed E-state index contributed by atoms with van der Waals surface area (Å²) in [5.41, 5.74) is 2.70. The topological polar surface area (TPSA) is 96.9 Å². The molecule has 0 bridgehead atoms. The lowest BCUT2D eigenvalue weighted by atomic mass is 9.95. The van der Waals surface area contributed by atoms with Crippen molar-refractivity contribution in [2.75, 3.05) is 45.2 Å². The van der Waals surface area contributed by atoms with Crippen molar-refractivity contribution in [1.82, 2.24) is 39.2 Å². The molecule has 7 heterocycles. The van der Waals surface area contributed by atoms with Crippen LogP contribution in [0.4, 0.5) is 10.2 Å². The number of carbonyl (C=O) groups excluding carboxylic acids is 1. The van der Waals surface area contributed by atoms with Crippen molar-refractivity contribution in [2.45, 2.75) is 50.5 Å². The molecule has 3 aliphatic heterocycles. The number of anilines is 1. The van der Waals surface area contributed by atoms with Crippen LogP contribution in [-0.2, 0) is 13.1 Å². The number of carbonyl (C=O) groups is 1. The minimum absolute atomic E-state index is 0.121. The number of halogens is 2. The van der Waals surface area contributed by atoms with E-state index in [4.69, 9.17) is 14.7 Å². The normalized spacial score (nSPS) is 23.0. The number of alkyl halides is 1. The second-order valence-electron chi connectivity index (χ2n) is 11.3. The van der Waals surface area contributed by atoms with Gasteiger partial charge >= 0.3 is 6.01 Å². The van der Waals surface area contributed by atoms with Crippen LogP contribution >= 0.6 is 15.9 Å². The second-order valence-corrected chi connectivity index (χ2v) is 12.1. The fraction of sp³-hybridized carbons (Fsp3) is 0.519. The van der Waals surface area contributed by atoms with E-state index in [-0.39, 0.29) is 17.5 Å². The Kier molecular flexibility index (Phi) is 6.19. The first-order valence-corrected chi connectivity index (χ1v) is 14.5. The summed E-state index contributed by atoms with van der Waals surface area (Å²) in [4.78, 5) is 28.4. The summed E-state index contributed by atoms with van der Waals surface area (Å²) in [5, 5.41) is 9.93. The van der Waals surface area contributed by atoms with Gasteiger partial charge in [-0.1, -0.05) is 0 Å². The summed E-state index contributed by atoms with van der Waals surface area (Å²) in [6, 6.07) is 6.03. The monoisotopic (exact) mass is 611 g/mol. The molecule has 2 fully saturated rings. The number of aromatic nitrogens is 6. The van der Waals surface area contributed by atoms with Gasteiger partial charge in [0.05, 0.1) is 40.4 Å². The van der Waals surface area contributed by atoms with Gasteiger partial charge < -0.3 is 14.5 Å². The molecule has 2 atom stereocenters. The summed E-state index contributed by atoms with van der Waals surface area (Å²) in [6.07, 6.45) is 4.21. The van der Waals surface area contributed by atoms with E-state index in [0.29, 0.717) is 38.4 Å². The SMILES string of the molecule is CN(C)C(=O)c1cc2n(n1)CCCN(c1nc(OC[C@@]34CCCN3C[C@H](F)C4)nc3cc(Br)n4nccc4c13)C2. The Morgan fingerprint density at radius 1 is 1.23 bits per heavy atom. The summed E-state index contributed by atoms with van der Waals surface area (Å²) in [5.74, 6) is 0.618. The number of hydrogen-bond donors (Lipinski definition) is 0. The zero-order valence-corrected chi connectivity index (χ0v) is 24.1. The summed E-state index contributed by atoms with van der Waals surface area (Å²) < 4.78 is 25.2. The number of aryl methyl sites for hydroxylation is 1.